The van der Waals surface area contributed by atoms with Crippen LogP contribution in [0.3, 0.4) is 0 Å². The van der Waals surface area contributed by atoms with Crippen molar-refractivity contribution in [1.29, 1.82) is 0 Å². The summed E-state index contributed by atoms with van der Waals surface area (Å²) in [6.07, 6.45) is 10.1. The number of nitrogens with zero attached hydrogens (tertiary/aromatic N) is 2. The van der Waals surface area contributed by atoms with E-state index in [1.54, 1.807) is 29.6 Å². The Bertz CT molecular complexity index is 1310. The first-order valence-electron chi connectivity index (χ1n) is 10.6. The molecule has 3 rings (SSSR count). The molecule has 0 spiro atoms. The van der Waals surface area contributed by atoms with Gasteiger partial charge in [0.2, 0.25) is 11.8 Å². The molecule has 190 valence electrons. The summed E-state index contributed by atoms with van der Waals surface area (Å²) in [5.41, 5.74) is 0.365. The quantitative estimate of drug-likeness (QED) is 0.455. The van der Waals surface area contributed by atoms with Gasteiger partial charge in [0.25, 0.3) is 10.0 Å². The maximum Gasteiger partial charge on any atom is 0.339 e. The van der Waals surface area contributed by atoms with E-state index in [9.17, 15) is 18.0 Å². The molecule has 1 aromatic carbocycles. The van der Waals surface area contributed by atoms with Crippen LogP contribution in [0.2, 0.25) is 0 Å². The van der Waals surface area contributed by atoms with Crippen LogP contribution >= 0.6 is 23.5 Å². The first-order chi connectivity index (χ1) is 17.3. The van der Waals surface area contributed by atoms with Crippen LogP contribution in [0.5, 0.6) is 5.88 Å². The average Bonchev–Trinajstić information content (AvgIpc) is 3.00. The molecule has 36 heavy (non-hydrogen) atoms. The number of nitrogens with one attached hydrogen (secondary N) is 2. The molecular formula is C23H24N4O6S3. The van der Waals surface area contributed by atoms with Gasteiger partial charge in [-0.1, -0.05) is 48.2 Å². The summed E-state index contributed by atoms with van der Waals surface area (Å²) in [6, 6.07) is 5.91. The predicted molar refractivity (Wildman–Crippen MR) is 140 cm³/mol. The van der Waals surface area contributed by atoms with Crippen molar-refractivity contribution in [1.82, 2.24) is 14.7 Å². The number of hydrogen-bond acceptors (Lipinski definition) is 10. The Labute approximate surface area is 217 Å². The van der Waals surface area contributed by atoms with Crippen LogP contribution in [-0.2, 0) is 20.5 Å². The molecule has 2 amide bonds. The van der Waals surface area contributed by atoms with Crippen molar-refractivity contribution in [2.24, 2.45) is 0 Å². The van der Waals surface area contributed by atoms with Crippen molar-refractivity contribution in [3.8, 4) is 5.88 Å². The Hall–Kier alpha value is -3.29. The number of sulfonamides is 1. The van der Waals surface area contributed by atoms with Crippen LogP contribution in [0.25, 0.3) is 0 Å². The van der Waals surface area contributed by atoms with Crippen LogP contribution in [0, 0.1) is 0 Å². The fourth-order valence-electron chi connectivity index (χ4n) is 2.90. The van der Waals surface area contributed by atoms with Crippen molar-refractivity contribution in [3.05, 3.63) is 75.5 Å². The molecule has 0 radical (unpaired) electrons. The molecule has 0 atom stereocenters. The molecular weight excluding hydrogens is 524 g/mol. The lowest BCUT2D eigenvalue weighted by atomic mass is 10.2. The van der Waals surface area contributed by atoms with E-state index in [2.05, 4.69) is 32.2 Å². The molecule has 2 heterocycles. The third-order valence-corrected chi connectivity index (χ3v) is 8.13. The maximum atomic E-state index is 12.8. The number of carbonyl (C=O) groups is 2. The molecule has 1 aromatic heterocycles. The van der Waals surface area contributed by atoms with E-state index >= 15 is 0 Å². The summed E-state index contributed by atoms with van der Waals surface area (Å²) >= 11 is 3.18. The Morgan fingerprint density at radius 2 is 1.94 bits per heavy atom. The van der Waals surface area contributed by atoms with Crippen LogP contribution in [0.15, 0.2) is 69.2 Å². The van der Waals surface area contributed by atoms with E-state index in [-0.39, 0.29) is 17.4 Å². The first kappa shape index (κ1) is 27.3. The number of amides is 2. The fraction of sp³-hybridized carbons (Fsp3) is 0.217. The second kappa shape index (κ2) is 13.1. The molecule has 13 heteroatoms. The van der Waals surface area contributed by atoms with Crippen LogP contribution < -0.4 is 14.8 Å². The second-order valence-electron chi connectivity index (χ2n) is 7.04. The number of hydrogen-bond donors (Lipinski definition) is 2. The van der Waals surface area contributed by atoms with Crippen LogP contribution in [-0.4, -0.2) is 44.6 Å². The fourth-order valence-corrected chi connectivity index (χ4v) is 5.81. The zero-order valence-electron chi connectivity index (χ0n) is 19.5. The average molecular weight is 549 g/mol. The van der Waals surface area contributed by atoms with Gasteiger partial charge in [0.1, 0.15) is 4.90 Å². The number of aromatic nitrogens is 2. The summed E-state index contributed by atoms with van der Waals surface area (Å²) in [6.45, 7) is 0. The zero-order chi connectivity index (χ0) is 26.0. The van der Waals surface area contributed by atoms with E-state index in [4.69, 9.17) is 4.74 Å². The van der Waals surface area contributed by atoms with E-state index in [1.165, 1.54) is 31.4 Å². The van der Waals surface area contributed by atoms with Gasteiger partial charge in [0.15, 0.2) is 0 Å². The lowest BCUT2D eigenvalue weighted by Crippen LogP contribution is -2.35. The summed E-state index contributed by atoms with van der Waals surface area (Å²) in [5.74, 6) is -0.316. The largest absolute Gasteiger partial charge is 0.481 e. The molecule has 10 nitrogen and oxygen atoms in total. The number of allylic oxidation sites excluding steroid dienone is 4. The summed E-state index contributed by atoms with van der Waals surface area (Å²) < 4.78 is 38.3. The summed E-state index contributed by atoms with van der Waals surface area (Å²) in [5, 5.41) is 4.31. The lowest BCUT2D eigenvalue weighted by Gasteiger charge is -2.12. The van der Waals surface area contributed by atoms with Gasteiger partial charge in [-0.2, -0.15) is 4.98 Å². The molecule has 1 aliphatic heterocycles. The normalized spacial score (nSPS) is 16.8. The minimum atomic E-state index is -4.40. The number of carbonyl (C=O) groups excluding carboxylic acids is 2. The Balaban J connectivity index is 1.72. The van der Waals surface area contributed by atoms with Gasteiger partial charge in [-0.3, -0.25) is 5.32 Å². The van der Waals surface area contributed by atoms with Crippen LogP contribution in [0.1, 0.15) is 28.9 Å². The maximum absolute atomic E-state index is 12.8. The lowest BCUT2D eigenvalue weighted by molar-refractivity contribution is 0.0596. The molecule has 0 saturated carbocycles. The van der Waals surface area contributed by atoms with E-state index in [0.29, 0.717) is 11.4 Å². The molecule has 0 unspecified atom stereocenters. The van der Waals surface area contributed by atoms with Gasteiger partial charge < -0.3 is 9.47 Å². The van der Waals surface area contributed by atoms with Gasteiger partial charge >= 0.3 is 12.0 Å². The van der Waals surface area contributed by atoms with Gasteiger partial charge in [-0.05, 0) is 30.4 Å². The topological polar surface area (TPSA) is 137 Å². The highest BCUT2D eigenvalue weighted by Crippen LogP contribution is 2.33. The summed E-state index contributed by atoms with van der Waals surface area (Å²) in [4.78, 5) is 32.4. The number of urea groups is 1. The standard InChI is InChI=1S/C23H24N4O6S3/c1-32-19-14-16(15-35-20-12-6-4-3-5-9-13-34-20)24-22(25-19)26-23(29)27-36(30,31)18-11-8-7-10-17(18)21(28)33-2/h3,5,7-14H,4,6,15H2,1-2H3,(H2,24,25,26,27,29)/b5-3-,13-9-,20-12+. The smallest absolute Gasteiger partial charge is 0.339 e. The number of anilines is 1. The number of methoxy groups -OCH3 is 2. The van der Waals surface area contributed by atoms with Gasteiger partial charge in [-0.15, -0.1) is 11.8 Å². The van der Waals surface area contributed by atoms with Gasteiger partial charge in [0, 0.05) is 16.1 Å². The van der Waals surface area contributed by atoms with Crippen molar-refractivity contribution < 1.29 is 27.5 Å². The minimum absolute atomic E-state index is 0.140. The second-order valence-corrected chi connectivity index (χ2v) is 10.9. The summed E-state index contributed by atoms with van der Waals surface area (Å²) in [7, 11) is -1.85. The number of rotatable bonds is 8. The molecule has 0 bridgehead atoms. The van der Waals surface area contributed by atoms with Crippen molar-refractivity contribution in [2.75, 3.05) is 19.5 Å². The molecule has 1 aliphatic rings. The minimum Gasteiger partial charge on any atom is -0.481 e. The molecule has 2 aromatic rings. The number of ether oxygens (including phenoxy) is 2. The molecule has 2 N–H and O–H groups in total. The third-order valence-electron chi connectivity index (χ3n) is 4.52. The van der Waals surface area contributed by atoms with Gasteiger partial charge in [0.05, 0.1) is 25.5 Å². The predicted octanol–water partition coefficient (Wildman–Crippen LogP) is 4.45. The van der Waals surface area contributed by atoms with E-state index in [0.717, 1.165) is 24.2 Å². The highest BCUT2D eigenvalue weighted by Gasteiger charge is 2.25. The van der Waals surface area contributed by atoms with E-state index < -0.39 is 26.9 Å². The first-order valence-corrected chi connectivity index (χ1v) is 13.9. The van der Waals surface area contributed by atoms with Crippen molar-refractivity contribution >= 4 is 51.5 Å². The highest BCUT2D eigenvalue weighted by atomic mass is 32.2. The molecule has 0 aliphatic carbocycles. The van der Waals surface area contributed by atoms with Crippen molar-refractivity contribution in [2.45, 2.75) is 23.5 Å². The Morgan fingerprint density at radius 3 is 2.72 bits per heavy atom. The molecule has 0 saturated heterocycles. The van der Waals surface area contributed by atoms with Gasteiger partial charge in [-0.25, -0.2) is 27.7 Å². The Kier molecular flexibility index (Phi) is 9.96. The third kappa shape index (κ3) is 7.86. The van der Waals surface area contributed by atoms with Crippen molar-refractivity contribution in [3.63, 3.8) is 0 Å². The monoisotopic (exact) mass is 548 g/mol. The van der Waals surface area contributed by atoms with Crippen LogP contribution in [0.4, 0.5) is 10.7 Å². The zero-order valence-corrected chi connectivity index (χ0v) is 21.9. The molecule has 0 fully saturated rings. The highest BCUT2D eigenvalue weighted by molar-refractivity contribution is 8.23. The Morgan fingerprint density at radius 1 is 1.14 bits per heavy atom. The number of benzene rings is 1. The number of esters is 1. The number of thioether (sulfide) groups is 2. The van der Waals surface area contributed by atoms with E-state index in [1.807, 2.05) is 22.3 Å². The SMILES string of the molecule is COC(=O)c1ccccc1S(=O)(=O)NC(=O)Nc1nc(CS/C2=C/CC/C=C\C=C/S2)cc(OC)n1.